The zero-order chi connectivity index (χ0) is 11.7. The van der Waals surface area contributed by atoms with Gasteiger partial charge in [-0.3, -0.25) is 9.59 Å². The number of nitrogens with zero attached hydrogens (tertiary/aromatic N) is 1. The molecule has 1 aromatic carbocycles. The number of pyridine rings is 1. The number of H-pyrrole nitrogens is 1. The van der Waals surface area contributed by atoms with Crippen LogP contribution in [-0.4, -0.2) is 16.0 Å². The first kappa shape index (κ1) is 10.0. The lowest BCUT2D eigenvalue weighted by molar-refractivity contribution is 0.0983. The number of hydrogen-bond acceptors (Lipinski definition) is 4. The van der Waals surface area contributed by atoms with E-state index >= 15 is 0 Å². The summed E-state index contributed by atoms with van der Waals surface area (Å²) in [5.74, 6) is -1.35. The normalized spacial score (nSPS) is 10.2. The van der Waals surface area contributed by atoms with Crippen molar-refractivity contribution in [1.29, 1.82) is 5.53 Å². The van der Waals surface area contributed by atoms with Crippen LogP contribution in [-0.2, 0) is 0 Å². The van der Waals surface area contributed by atoms with Gasteiger partial charge in [-0.1, -0.05) is 18.2 Å². The highest BCUT2D eigenvalue weighted by Crippen LogP contribution is 2.24. The molecule has 1 heterocycles. The maximum atomic E-state index is 11.6. The quantitative estimate of drug-likeness (QED) is 0.628. The van der Waals surface area contributed by atoms with Crippen molar-refractivity contribution in [2.75, 3.05) is 0 Å². The van der Waals surface area contributed by atoms with Gasteiger partial charge in [-0.05, 0) is 6.07 Å². The first-order valence-corrected chi connectivity index (χ1v) is 4.41. The number of aromatic nitrogens is 1. The summed E-state index contributed by atoms with van der Waals surface area (Å²) < 4.78 is 0. The third-order valence-corrected chi connectivity index (χ3v) is 2.22. The molecular formula is C10H7N3O3. The summed E-state index contributed by atoms with van der Waals surface area (Å²) in [6, 6.07) is 6.32. The van der Waals surface area contributed by atoms with Crippen molar-refractivity contribution in [1.82, 2.24) is 4.98 Å². The topological polar surface area (TPSA) is 106 Å². The minimum absolute atomic E-state index is 0.262. The van der Waals surface area contributed by atoms with E-state index in [1.165, 1.54) is 12.1 Å². The maximum absolute atomic E-state index is 11.6. The smallest absolute Gasteiger partial charge is 0.315 e. The third kappa shape index (κ3) is 1.36. The number of amides is 1. The van der Waals surface area contributed by atoms with Crippen molar-refractivity contribution in [2.45, 2.75) is 0 Å². The van der Waals surface area contributed by atoms with Crippen molar-refractivity contribution in [3.05, 3.63) is 40.3 Å². The van der Waals surface area contributed by atoms with Crippen LogP contribution in [0.1, 0.15) is 10.5 Å². The van der Waals surface area contributed by atoms with Crippen LogP contribution in [0, 0.1) is 5.53 Å². The Labute approximate surface area is 89.1 Å². The Kier molecular flexibility index (Phi) is 2.24. The molecule has 1 aromatic heterocycles. The number of fused-ring (bicyclic) bond motifs is 1. The number of carbonyl (C=O) groups is 1. The molecule has 0 spiro atoms. The lowest BCUT2D eigenvalue weighted by Crippen LogP contribution is -2.12. The van der Waals surface area contributed by atoms with Crippen LogP contribution in [0.25, 0.3) is 10.8 Å². The molecule has 2 aromatic rings. The SMILES string of the molecule is N=NC(=O)c1[nH]c(=O)c2ccccc2c1O. The van der Waals surface area contributed by atoms with Crippen molar-refractivity contribution >= 4 is 16.7 Å². The molecule has 0 saturated heterocycles. The predicted octanol–water partition coefficient (Wildman–Crippen LogP) is 1.40. The molecule has 3 N–H and O–H groups in total. The Morgan fingerprint density at radius 1 is 1.31 bits per heavy atom. The van der Waals surface area contributed by atoms with Gasteiger partial charge in [0.25, 0.3) is 5.56 Å². The second kappa shape index (κ2) is 3.58. The van der Waals surface area contributed by atoms with Gasteiger partial charge in [0.1, 0.15) is 0 Å². The number of carbonyl (C=O) groups excluding carboxylic acids is 1. The molecule has 0 fully saturated rings. The first-order valence-electron chi connectivity index (χ1n) is 4.41. The Balaban J connectivity index is 2.91. The molecule has 16 heavy (non-hydrogen) atoms. The second-order valence-electron chi connectivity index (χ2n) is 3.14. The highest BCUT2D eigenvalue weighted by Gasteiger charge is 2.15. The van der Waals surface area contributed by atoms with Gasteiger partial charge in [-0.15, -0.1) is 5.11 Å². The van der Waals surface area contributed by atoms with Crippen LogP contribution in [0.3, 0.4) is 0 Å². The zero-order valence-electron chi connectivity index (χ0n) is 8.02. The van der Waals surface area contributed by atoms with Gasteiger partial charge in [0.05, 0.1) is 5.39 Å². The van der Waals surface area contributed by atoms with Crippen LogP contribution < -0.4 is 5.56 Å². The molecule has 0 aliphatic rings. The summed E-state index contributed by atoms with van der Waals surface area (Å²) in [5, 5.41) is 12.9. The van der Waals surface area contributed by atoms with Gasteiger partial charge in [0.2, 0.25) is 0 Å². The lowest BCUT2D eigenvalue weighted by atomic mass is 10.1. The van der Waals surface area contributed by atoms with Gasteiger partial charge >= 0.3 is 5.91 Å². The third-order valence-electron chi connectivity index (χ3n) is 2.22. The van der Waals surface area contributed by atoms with Gasteiger partial charge in [-0.25, -0.2) is 5.53 Å². The predicted molar refractivity (Wildman–Crippen MR) is 55.7 cm³/mol. The maximum Gasteiger partial charge on any atom is 0.315 e. The largest absolute Gasteiger partial charge is 0.505 e. The summed E-state index contributed by atoms with van der Waals surface area (Å²) >= 11 is 0. The van der Waals surface area contributed by atoms with E-state index < -0.39 is 11.5 Å². The summed E-state index contributed by atoms with van der Waals surface area (Å²) in [4.78, 5) is 24.9. The van der Waals surface area contributed by atoms with Crippen LogP contribution in [0.15, 0.2) is 34.2 Å². The molecule has 0 bridgehead atoms. The molecule has 6 nitrogen and oxygen atoms in total. The Bertz CT molecular complexity index is 645. The molecule has 6 heteroatoms. The average Bonchev–Trinajstić information content (AvgIpc) is 2.33. The fourth-order valence-electron chi connectivity index (χ4n) is 1.47. The van der Waals surface area contributed by atoms with Crippen molar-refractivity contribution in [3.8, 4) is 5.75 Å². The number of aromatic hydroxyl groups is 1. The Morgan fingerprint density at radius 2 is 1.94 bits per heavy atom. The highest BCUT2D eigenvalue weighted by atomic mass is 16.3. The number of aromatic amines is 1. The number of nitrogens with one attached hydrogen (secondary N) is 2. The molecule has 2 rings (SSSR count). The van der Waals surface area contributed by atoms with E-state index in [0.717, 1.165) is 0 Å². The zero-order valence-corrected chi connectivity index (χ0v) is 8.02. The highest BCUT2D eigenvalue weighted by molar-refractivity contribution is 6.01. The van der Waals surface area contributed by atoms with E-state index in [2.05, 4.69) is 10.1 Å². The fraction of sp³-hybridized carbons (Fsp3) is 0. The van der Waals surface area contributed by atoms with Gasteiger partial charge in [0, 0.05) is 5.39 Å². The van der Waals surface area contributed by atoms with Crippen molar-refractivity contribution in [2.24, 2.45) is 5.11 Å². The number of benzene rings is 1. The van der Waals surface area contributed by atoms with Gasteiger partial charge in [0.15, 0.2) is 11.4 Å². The molecule has 0 atom stereocenters. The van der Waals surface area contributed by atoms with E-state index in [9.17, 15) is 14.7 Å². The molecule has 0 saturated carbocycles. The van der Waals surface area contributed by atoms with Gasteiger partial charge < -0.3 is 10.1 Å². The molecule has 0 radical (unpaired) electrons. The van der Waals surface area contributed by atoms with Gasteiger partial charge in [-0.2, -0.15) is 0 Å². The summed E-state index contributed by atoms with van der Waals surface area (Å²) in [7, 11) is 0. The number of rotatable bonds is 1. The van der Waals surface area contributed by atoms with Crippen LogP contribution in [0.4, 0.5) is 0 Å². The van der Waals surface area contributed by atoms with E-state index in [0.29, 0.717) is 0 Å². The van der Waals surface area contributed by atoms with Crippen LogP contribution >= 0.6 is 0 Å². The monoisotopic (exact) mass is 217 g/mol. The minimum Gasteiger partial charge on any atom is -0.505 e. The molecular weight excluding hydrogens is 210 g/mol. The average molecular weight is 217 g/mol. The van der Waals surface area contributed by atoms with Crippen LogP contribution in [0.5, 0.6) is 5.75 Å². The molecule has 0 aliphatic heterocycles. The summed E-state index contributed by atoms with van der Waals surface area (Å²) in [5.41, 5.74) is 5.70. The van der Waals surface area contributed by atoms with E-state index in [4.69, 9.17) is 5.53 Å². The van der Waals surface area contributed by atoms with E-state index in [1.807, 2.05) is 0 Å². The van der Waals surface area contributed by atoms with Crippen molar-refractivity contribution < 1.29 is 9.90 Å². The molecule has 0 aliphatic carbocycles. The number of hydrogen-bond donors (Lipinski definition) is 3. The minimum atomic E-state index is -0.986. The summed E-state index contributed by atoms with van der Waals surface area (Å²) in [6.45, 7) is 0. The van der Waals surface area contributed by atoms with Crippen molar-refractivity contribution in [3.63, 3.8) is 0 Å². The lowest BCUT2D eigenvalue weighted by Gasteiger charge is -2.03. The first-order chi connectivity index (χ1) is 7.65. The van der Waals surface area contributed by atoms with E-state index in [1.54, 1.807) is 12.1 Å². The fourth-order valence-corrected chi connectivity index (χ4v) is 1.47. The molecule has 0 unspecified atom stereocenters. The van der Waals surface area contributed by atoms with Crippen LogP contribution in [0.2, 0.25) is 0 Å². The second-order valence-corrected chi connectivity index (χ2v) is 3.14. The molecule has 1 amide bonds. The molecule has 80 valence electrons. The Morgan fingerprint density at radius 3 is 2.56 bits per heavy atom. The van der Waals surface area contributed by atoms with E-state index in [-0.39, 0.29) is 22.2 Å². The standard InChI is InChI=1S/C10H7N3O3/c11-13-10(16)7-8(14)5-3-1-2-4-6(5)9(15)12-7/h1-4,11,14H,(H,12,15). The Hall–Kier alpha value is -2.50. The summed E-state index contributed by atoms with van der Waals surface area (Å²) in [6.07, 6.45) is 0.